The molecule has 1 heterocycles. The molecule has 5 heteroatoms. The van der Waals surface area contributed by atoms with Gasteiger partial charge in [-0.3, -0.25) is 4.79 Å². The van der Waals surface area contributed by atoms with Gasteiger partial charge in [-0.15, -0.1) is 0 Å². The lowest BCUT2D eigenvalue weighted by molar-refractivity contribution is -0.925. The lowest BCUT2D eigenvalue weighted by Gasteiger charge is -2.37. The fourth-order valence-corrected chi connectivity index (χ4v) is 3.77. The SMILES string of the molecule is CCCCCCC[N+](CC)(CC)CCCOc1ccc2c(c1)OCC2=O.[Br-]. The van der Waals surface area contributed by atoms with E-state index in [2.05, 4.69) is 20.8 Å². The van der Waals surface area contributed by atoms with E-state index in [1.54, 1.807) is 0 Å². The number of carbonyl (C=O) groups is 1. The number of hydrogen-bond acceptors (Lipinski definition) is 3. The Balaban J connectivity index is 0.00000364. The third kappa shape index (κ3) is 7.11. The number of halogens is 1. The minimum Gasteiger partial charge on any atom is -1.00 e. The van der Waals surface area contributed by atoms with Gasteiger partial charge in [-0.1, -0.05) is 26.2 Å². The first-order chi connectivity index (χ1) is 12.6. The minimum atomic E-state index is 0. The molecule has 0 fully saturated rings. The number of carbonyl (C=O) groups excluding carboxylic acids is 1. The van der Waals surface area contributed by atoms with Gasteiger partial charge in [0.25, 0.3) is 0 Å². The first-order valence-electron chi connectivity index (χ1n) is 10.4. The molecule has 4 nitrogen and oxygen atoms in total. The summed E-state index contributed by atoms with van der Waals surface area (Å²) in [5.74, 6) is 1.51. The maximum absolute atomic E-state index is 11.6. The Kier molecular flexibility index (Phi) is 11.0. The van der Waals surface area contributed by atoms with E-state index in [-0.39, 0.29) is 29.4 Å². The Hall–Kier alpha value is -1.07. The van der Waals surface area contributed by atoms with E-state index in [1.807, 2.05) is 18.2 Å². The highest BCUT2D eigenvalue weighted by Crippen LogP contribution is 2.29. The predicted octanol–water partition coefficient (Wildman–Crippen LogP) is 1.86. The van der Waals surface area contributed by atoms with Crippen LogP contribution in [0.15, 0.2) is 18.2 Å². The van der Waals surface area contributed by atoms with Gasteiger partial charge < -0.3 is 30.9 Å². The van der Waals surface area contributed by atoms with Crippen LogP contribution in [0, 0.1) is 0 Å². The molecule has 1 aliphatic rings. The van der Waals surface area contributed by atoms with Crippen molar-refractivity contribution in [3.63, 3.8) is 0 Å². The van der Waals surface area contributed by atoms with E-state index in [9.17, 15) is 4.79 Å². The van der Waals surface area contributed by atoms with Crippen molar-refractivity contribution in [2.75, 3.05) is 39.4 Å². The van der Waals surface area contributed by atoms with Gasteiger partial charge >= 0.3 is 0 Å². The van der Waals surface area contributed by atoms with Crippen molar-refractivity contribution in [2.45, 2.75) is 59.3 Å². The molecule has 1 aromatic carbocycles. The van der Waals surface area contributed by atoms with Gasteiger partial charge in [0, 0.05) is 12.5 Å². The van der Waals surface area contributed by atoms with Crippen LogP contribution in [0.25, 0.3) is 0 Å². The zero-order valence-corrected chi connectivity index (χ0v) is 18.9. The Morgan fingerprint density at radius 2 is 1.70 bits per heavy atom. The normalized spacial score (nSPS) is 13.1. The molecular weight excluding hydrogens is 406 g/mol. The molecule has 0 radical (unpaired) electrons. The average Bonchev–Trinajstić information content (AvgIpc) is 3.04. The number of nitrogens with zero attached hydrogens (tertiary/aromatic N) is 1. The topological polar surface area (TPSA) is 35.5 Å². The molecule has 0 unspecified atom stereocenters. The number of quaternary nitrogens is 1. The van der Waals surface area contributed by atoms with E-state index >= 15 is 0 Å². The first-order valence-corrected chi connectivity index (χ1v) is 10.4. The monoisotopic (exact) mass is 441 g/mol. The van der Waals surface area contributed by atoms with Gasteiger partial charge in [-0.05, 0) is 38.8 Å². The molecule has 1 aliphatic heterocycles. The predicted molar refractivity (Wildman–Crippen MR) is 106 cm³/mol. The Bertz CT molecular complexity index is 573. The zero-order chi connectivity index (χ0) is 18.8. The molecule has 0 atom stereocenters. The van der Waals surface area contributed by atoms with Crippen molar-refractivity contribution < 1.29 is 35.7 Å². The van der Waals surface area contributed by atoms with Crippen molar-refractivity contribution in [3.8, 4) is 11.5 Å². The van der Waals surface area contributed by atoms with Crippen molar-refractivity contribution in [3.05, 3.63) is 23.8 Å². The number of hydrogen-bond donors (Lipinski definition) is 0. The summed E-state index contributed by atoms with van der Waals surface area (Å²) in [6.45, 7) is 12.6. The number of ketones is 1. The largest absolute Gasteiger partial charge is 1.00 e. The lowest BCUT2D eigenvalue weighted by atomic mass is 10.1. The summed E-state index contributed by atoms with van der Waals surface area (Å²) >= 11 is 0. The van der Waals surface area contributed by atoms with Gasteiger partial charge in [-0.2, -0.15) is 0 Å². The molecular formula is C22H36BrNO3. The van der Waals surface area contributed by atoms with Crippen LogP contribution in [0.2, 0.25) is 0 Å². The summed E-state index contributed by atoms with van der Waals surface area (Å²) in [5, 5.41) is 0. The van der Waals surface area contributed by atoms with Gasteiger partial charge in [-0.25, -0.2) is 0 Å². The lowest BCUT2D eigenvalue weighted by Crippen LogP contribution is -3.00. The Labute approximate surface area is 175 Å². The van der Waals surface area contributed by atoms with Crippen LogP contribution >= 0.6 is 0 Å². The molecule has 0 saturated heterocycles. The third-order valence-electron chi connectivity index (χ3n) is 5.74. The number of fused-ring (bicyclic) bond motifs is 1. The van der Waals surface area contributed by atoms with Gasteiger partial charge in [0.2, 0.25) is 5.78 Å². The number of unbranched alkanes of at least 4 members (excludes halogenated alkanes) is 4. The van der Waals surface area contributed by atoms with Crippen LogP contribution < -0.4 is 26.5 Å². The van der Waals surface area contributed by atoms with Crippen LogP contribution in [-0.2, 0) is 0 Å². The number of Topliss-reactive ketones (excluding diaryl/α,β-unsaturated/α-hetero) is 1. The maximum Gasteiger partial charge on any atom is 0.203 e. The molecule has 0 aliphatic carbocycles. The van der Waals surface area contributed by atoms with Gasteiger partial charge in [0.15, 0.2) is 6.61 Å². The van der Waals surface area contributed by atoms with E-state index in [4.69, 9.17) is 9.47 Å². The summed E-state index contributed by atoms with van der Waals surface area (Å²) in [6, 6.07) is 5.53. The van der Waals surface area contributed by atoms with E-state index in [0.717, 1.165) is 12.2 Å². The molecule has 1 aromatic rings. The number of benzene rings is 1. The Morgan fingerprint density at radius 1 is 1.00 bits per heavy atom. The molecule has 0 spiro atoms. The highest BCUT2D eigenvalue weighted by atomic mass is 79.9. The standard InChI is InChI=1S/C22H36NO3.BrH/c1-4-7-8-9-10-14-23(5-2,6-3)15-11-16-25-19-12-13-20-21(24)18-26-22(20)17-19;/h12-13,17H,4-11,14-16,18H2,1-3H3;1H/q+1;/p-1. The van der Waals surface area contributed by atoms with Crippen molar-refractivity contribution in [1.82, 2.24) is 0 Å². The molecule has 0 saturated carbocycles. The molecule has 0 amide bonds. The fourth-order valence-electron chi connectivity index (χ4n) is 3.77. The average molecular weight is 442 g/mol. The summed E-state index contributed by atoms with van der Waals surface area (Å²) < 4.78 is 12.5. The zero-order valence-electron chi connectivity index (χ0n) is 17.3. The van der Waals surface area contributed by atoms with Crippen LogP contribution in [0.5, 0.6) is 11.5 Å². The van der Waals surface area contributed by atoms with E-state index in [0.29, 0.717) is 17.9 Å². The van der Waals surface area contributed by atoms with Crippen LogP contribution in [0.4, 0.5) is 0 Å². The highest BCUT2D eigenvalue weighted by Gasteiger charge is 2.23. The first kappa shape index (κ1) is 24.0. The van der Waals surface area contributed by atoms with Crippen molar-refractivity contribution >= 4 is 5.78 Å². The molecule has 0 bridgehead atoms. The summed E-state index contributed by atoms with van der Waals surface area (Å²) in [4.78, 5) is 11.6. The number of ether oxygens (including phenoxy) is 2. The summed E-state index contributed by atoms with van der Waals surface area (Å²) in [7, 11) is 0. The third-order valence-corrected chi connectivity index (χ3v) is 5.74. The second-order valence-electron chi connectivity index (χ2n) is 7.41. The molecule has 2 rings (SSSR count). The molecule has 27 heavy (non-hydrogen) atoms. The van der Waals surface area contributed by atoms with Gasteiger partial charge in [0.05, 0.1) is 38.3 Å². The van der Waals surface area contributed by atoms with Crippen molar-refractivity contribution in [1.29, 1.82) is 0 Å². The second-order valence-corrected chi connectivity index (χ2v) is 7.41. The number of rotatable bonds is 13. The summed E-state index contributed by atoms with van der Waals surface area (Å²) in [5.41, 5.74) is 0.674. The van der Waals surface area contributed by atoms with E-state index < -0.39 is 0 Å². The molecule has 0 N–H and O–H groups in total. The van der Waals surface area contributed by atoms with Crippen LogP contribution in [0.1, 0.15) is 69.7 Å². The quantitative estimate of drug-likeness (QED) is 0.346. The maximum atomic E-state index is 11.6. The smallest absolute Gasteiger partial charge is 0.203 e. The summed E-state index contributed by atoms with van der Waals surface area (Å²) in [6.07, 6.45) is 7.78. The molecule has 0 aromatic heterocycles. The van der Waals surface area contributed by atoms with Gasteiger partial charge in [0.1, 0.15) is 11.5 Å². The van der Waals surface area contributed by atoms with Crippen LogP contribution in [0.3, 0.4) is 0 Å². The van der Waals surface area contributed by atoms with Crippen molar-refractivity contribution in [2.24, 2.45) is 0 Å². The molecule has 154 valence electrons. The van der Waals surface area contributed by atoms with E-state index in [1.165, 1.54) is 62.8 Å². The second kappa shape index (κ2) is 12.4. The minimum absolute atomic E-state index is 0. The fraction of sp³-hybridized carbons (Fsp3) is 0.682. The van der Waals surface area contributed by atoms with Crippen LogP contribution in [-0.4, -0.2) is 49.7 Å². The highest BCUT2D eigenvalue weighted by molar-refractivity contribution is 6.02. The Morgan fingerprint density at radius 3 is 2.41 bits per heavy atom.